The van der Waals surface area contributed by atoms with Gasteiger partial charge in [0.05, 0.1) is 29.4 Å². The molecule has 2 aliphatic carbocycles. The first kappa shape index (κ1) is 12.5. The number of hydrogen-bond acceptors (Lipinski definition) is 3. The van der Waals surface area contributed by atoms with Crippen LogP contribution in [0.15, 0.2) is 63.7 Å². The van der Waals surface area contributed by atoms with Crippen molar-refractivity contribution in [1.82, 2.24) is 13.9 Å². The van der Waals surface area contributed by atoms with Gasteiger partial charge < -0.3 is 0 Å². The molecule has 1 aromatic carbocycles. The van der Waals surface area contributed by atoms with Crippen molar-refractivity contribution in [1.29, 1.82) is 5.26 Å². The Morgan fingerprint density at radius 2 is 1.65 bits per heavy atom. The molecule has 6 rings (SSSR count). The zero-order valence-corrected chi connectivity index (χ0v) is 12.0. The highest BCUT2D eigenvalue weighted by Gasteiger charge is 2.51. The van der Waals surface area contributed by atoms with E-state index in [-0.39, 0.29) is 35.3 Å². The van der Waals surface area contributed by atoms with Crippen molar-refractivity contribution >= 4 is 0 Å². The Bertz CT molecular complexity index is 1040. The van der Waals surface area contributed by atoms with E-state index >= 15 is 0 Å². The number of allylic oxidation sites excluding steroid dienone is 4. The summed E-state index contributed by atoms with van der Waals surface area (Å²) in [7, 11) is 0. The van der Waals surface area contributed by atoms with Crippen LogP contribution in [0.4, 0.5) is 0 Å². The molecule has 4 atom stereocenters. The summed E-state index contributed by atoms with van der Waals surface area (Å²) in [5, 5.41) is 9.40. The molecule has 23 heavy (non-hydrogen) atoms. The lowest BCUT2D eigenvalue weighted by Crippen LogP contribution is -2.52. The Morgan fingerprint density at radius 1 is 0.957 bits per heavy atom. The summed E-state index contributed by atoms with van der Waals surface area (Å²) in [5.74, 6) is 0.323. The largest absolute Gasteiger partial charge is 0.352 e. The molecule has 0 unspecified atom stereocenters. The maximum atomic E-state index is 12.9. The third kappa shape index (κ3) is 1.33. The second kappa shape index (κ2) is 4.02. The molecule has 3 heterocycles. The number of hydrogen-bond donors (Lipinski definition) is 0. The molecule has 112 valence electrons. The average molecular weight is 304 g/mol. The van der Waals surface area contributed by atoms with E-state index in [2.05, 4.69) is 12.1 Å². The Morgan fingerprint density at radius 3 is 2.30 bits per heavy atom. The summed E-state index contributed by atoms with van der Waals surface area (Å²) >= 11 is 0. The molecular formula is C17H12N4O2. The van der Waals surface area contributed by atoms with Crippen LogP contribution >= 0.6 is 0 Å². The van der Waals surface area contributed by atoms with Crippen LogP contribution in [0.1, 0.15) is 12.1 Å². The fourth-order valence-corrected chi connectivity index (χ4v) is 4.05. The molecule has 2 bridgehead atoms. The van der Waals surface area contributed by atoms with Gasteiger partial charge in [0, 0.05) is 11.8 Å². The lowest BCUT2D eigenvalue weighted by molar-refractivity contribution is 0.132. The number of nitriles is 1. The van der Waals surface area contributed by atoms with E-state index in [4.69, 9.17) is 0 Å². The number of aromatic nitrogens is 3. The first-order valence-electron chi connectivity index (χ1n) is 7.54. The predicted molar refractivity (Wildman–Crippen MR) is 82.2 cm³/mol. The number of para-hydroxylation sites is 1. The van der Waals surface area contributed by atoms with E-state index in [1.807, 2.05) is 18.2 Å². The maximum absolute atomic E-state index is 12.9. The third-order valence-corrected chi connectivity index (χ3v) is 5.12. The van der Waals surface area contributed by atoms with Crippen molar-refractivity contribution in [3.63, 3.8) is 0 Å². The first-order valence-corrected chi connectivity index (χ1v) is 7.54. The van der Waals surface area contributed by atoms with Gasteiger partial charge in [-0.25, -0.2) is 23.5 Å². The minimum Gasteiger partial charge on any atom is -0.245 e. The van der Waals surface area contributed by atoms with Gasteiger partial charge >= 0.3 is 11.4 Å². The first-order chi connectivity index (χ1) is 11.2. The van der Waals surface area contributed by atoms with Crippen molar-refractivity contribution in [3.05, 3.63) is 75.1 Å². The van der Waals surface area contributed by atoms with Gasteiger partial charge in [0.2, 0.25) is 0 Å². The van der Waals surface area contributed by atoms with E-state index < -0.39 is 0 Å². The maximum Gasteiger partial charge on any atom is 0.352 e. The van der Waals surface area contributed by atoms with Gasteiger partial charge in [0.15, 0.2) is 0 Å². The third-order valence-electron chi connectivity index (χ3n) is 5.12. The van der Waals surface area contributed by atoms with Gasteiger partial charge in [-0.05, 0) is 18.2 Å². The summed E-state index contributed by atoms with van der Waals surface area (Å²) in [4.78, 5) is 25.8. The molecule has 2 aliphatic heterocycles. The molecule has 0 saturated carbocycles. The van der Waals surface area contributed by atoms with Crippen molar-refractivity contribution in [2.75, 3.05) is 0 Å². The summed E-state index contributed by atoms with van der Waals surface area (Å²) in [6, 6.07) is 10.5. The predicted octanol–water partition coefficient (Wildman–Crippen LogP) is 1.16. The molecule has 2 aromatic rings. The van der Waals surface area contributed by atoms with Gasteiger partial charge in [-0.15, -0.1) is 0 Å². The summed E-state index contributed by atoms with van der Waals surface area (Å²) in [6.45, 7) is 0. The minimum absolute atomic E-state index is 0.128. The Hall–Kier alpha value is -3.07. The van der Waals surface area contributed by atoms with E-state index in [0.717, 1.165) is 0 Å². The Kier molecular flexibility index (Phi) is 2.18. The van der Waals surface area contributed by atoms with E-state index in [0.29, 0.717) is 11.3 Å². The van der Waals surface area contributed by atoms with Crippen LogP contribution < -0.4 is 11.4 Å². The zero-order valence-electron chi connectivity index (χ0n) is 12.0. The van der Waals surface area contributed by atoms with Gasteiger partial charge in [-0.1, -0.05) is 30.4 Å². The highest BCUT2D eigenvalue weighted by Crippen LogP contribution is 2.52. The number of rotatable bonds is 1. The fraction of sp³-hybridized carbons (Fsp3) is 0.235. The Labute approximate surface area is 130 Å². The number of benzene rings is 1. The quantitative estimate of drug-likeness (QED) is 0.742. The van der Waals surface area contributed by atoms with E-state index in [1.54, 1.807) is 24.3 Å². The number of nitrogens with zero attached hydrogens (tertiary/aromatic N) is 4. The van der Waals surface area contributed by atoms with Crippen LogP contribution in [-0.2, 0) is 0 Å². The standard InChI is InChI=1S/C17H12N4O2/c18-9-10-8-14-12-6-7-13(12)15(10)21-17(23)19(16(22)20(14)21)11-4-2-1-3-5-11/h1-8,12-15H/t12-,13+,14-,15+/m0/s1. The molecule has 0 amide bonds. The summed E-state index contributed by atoms with van der Waals surface area (Å²) in [5.41, 5.74) is 0.405. The topological polar surface area (TPSA) is 72.7 Å². The van der Waals surface area contributed by atoms with Crippen LogP contribution in [0.5, 0.6) is 0 Å². The molecule has 6 nitrogen and oxygen atoms in total. The summed E-state index contributed by atoms with van der Waals surface area (Å²) < 4.78 is 4.19. The molecule has 0 radical (unpaired) electrons. The normalized spacial score (nSPS) is 29.3. The van der Waals surface area contributed by atoms with Crippen LogP contribution in [-0.4, -0.2) is 13.9 Å². The second-order valence-electron chi connectivity index (χ2n) is 6.13. The lowest BCUT2D eigenvalue weighted by Gasteiger charge is -2.48. The highest BCUT2D eigenvalue weighted by atomic mass is 16.2. The molecule has 4 aliphatic rings. The van der Waals surface area contributed by atoms with Gasteiger partial charge in [-0.2, -0.15) is 5.26 Å². The Balaban J connectivity index is 1.83. The minimum atomic E-state index is -0.379. The van der Waals surface area contributed by atoms with Crippen LogP contribution in [0.25, 0.3) is 5.69 Å². The van der Waals surface area contributed by atoms with Crippen LogP contribution in [0.3, 0.4) is 0 Å². The van der Waals surface area contributed by atoms with E-state index in [9.17, 15) is 14.9 Å². The molecule has 6 heteroatoms. The van der Waals surface area contributed by atoms with Crippen molar-refractivity contribution in [2.24, 2.45) is 11.8 Å². The smallest absolute Gasteiger partial charge is 0.245 e. The van der Waals surface area contributed by atoms with Crippen LogP contribution in [0, 0.1) is 23.2 Å². The van der Waals surface area contributed by atoms with Crippen molar-refractivity contribution in [2.45, 2.75) is 12.1 Å². The molecule has 1 aromatic heterocycles. The van der Waals surface area contributed by atoms with Crippen LogP contribution in [0.2, 0.25) is 0 Å². The molecule has 0 N–H and O–H groups in total. The van der Waals surface area contributed by atoms with Crippen molar-refractivity contribution in [3.8, 4) is 11.8 Å². The summed E-state index contributed by atoms with van der Waals surface area (Å²) in [6.07, 6.45) is 5.94. The van der Waals surface area contributed by atoms with Gasteiger partial charge in [0.25, 0.3) is 0 Å². The van der Waals surface area contributed by atoms with Crippen molar-refractivity contribution < 1.29 is 0 Å². The monoisotopic (exact) mass is 304 g/mol. The van der Waals surface area contributed by atoms with Gasteiger partial charge in [0.1, 0.15) is 0 Å². The molecular weight excluding hydrogens is 292 g/mol. The average Bonchev–Trinajstić information content (AvgIpc) is 2.80. The SMILES string of the molecule is N#CC1=C[C@H]2[C@H]3C=C[C@H]3[C@@H]1n1c(=O)n(-c3ccccc3)c(=O)n12. The highest BCUT2D eigenvalue weighted by molar-refractivity contribution is 5.40. The molecule has 0 fully saturated rings. The fourth-order valence-electron chi connectivity index (χ4n) is 4.05. The van der Waals surface area contributed by atoms with E-state index in [1.165, 1.54) is 13.9 Å². The lowest BCUT2D eigenvalue weighted by atomic mass is 9.66. The zero-order chi connectivity index (χ0) is 15.7. The molecule has 0 spiro atoms. The second-order valence-corrected chi connectivity index (χ2v) is 6.13. The van der Waals surface area contributed by atoms with Gasteiger partial charge in [-0.3, -0.25) is 0 Å². The molecule has 0 saturated heterocycles.